The van der Waals surface area contributed by atoms with Gasteiger partial charge in [0.05, 0.1) is 13.5 Å². The van der Waals surface area contributed by atoms with Crippen molar-refractivity contribution in [1.29, 1.82) is 0 Å². The van der Waals surface area contributed by atoms with Crippen LogP contribution in [0.25, 0.3) is 11.1 Å². The highest BCUT2D eigenvalue weighted by atomic mass is 16.5. The van der Waals surface area contributed by atoms with Gasteiger partial charge in [-0.2, -0.15) is 0 Å². The minimum atomic E-state index is -0.289. The molecule has 1 unspecified atom stereocenters. The molecule has 0 saturated carbocycles. The van der Waals surface area contributed by atoms with Gasteiger partial charge in [0.1, 0.15) is 11.9 Å². The normalized spacial score (nSPS) is 15.7. The van der Waals surface area contributed by atoms with E-state index in [1.54, 1.807) is 0 Å². The molecule has 3 nitrogen and oxygen atoms in total. The number of carbonyl (C=O) groups is 1. The van der Waals surface area contributed by atoms with Crippen LogP contribution in [0.5, 0.6) is 5.75 Å². The molecular weight excluding hydrogens is 264 g/mol. The molecule has 2 aromatic rings. The Balaban J connectivity index is 2.14. The first-order valence-corrected chi connectivity index (χ1v) is 7.04. The molecule has 1 aliphatic rings. The lowest BCUT2D eigenvalue weighted by Crippen LogP contribution is -2.19. The Kier molecular flexibility index (Phi) is 3.42. The molecule has 0 radical (unpaired) electrons. The van der Waals surface area contributed by atoms with E-state index in [4.69, 9.17) is 9.47 Å². The van der Waals surface area contributed by atoms with Crippen molar-refractivity contribution in [2.75, 3.05) is 7.11 Å². The Hall–Kier alpha value is -2.29. The average Bonchev–Trinajstić information content (AvgIpc) is 2.46. The van der Waals surface area contributed by atoms with Crippen molar-refractivity contribution in [3.8, 4) is 16.9 Å². The molecule has 0 spiro atoms. The Labute approximate surface area is 124 Å². The van der Waals surface area contributed by atoms with Crippen molar-refractivity contribution in [3.63, 3.8) is 0 Å². The Morgan fingerprint density at radius 2 is 2.00 bits per heavy atom. The zero-order chi connectivity index (χ0) is 15.0. The molecule has 0 aromatic heterocycles. The number of benzene rings is 2. The van der Waals surface area contributed by atoms with E-state index in [0.717, 1.165) is 33.6 Å². The summed E-state index contributed by atoms with van der Waals surface area (Å²) >= 11 is 0. The third-order valence-electron chi connectivity index (χ3n) is 3.92. The molecular formula is C18H18O3. The van der Waals surface area contributed by atoms with Crippen molar-refractivity contribution in [2.24, 2.45) is 0 Å². The molecule has 2 aromatic carbocycles. The van der Waals surface area contributed by atoms with Crippen LogP contribution in [0.15, 0.2) is 36.4 Å². The lowest BCUT2D eigenvalue weighted by molar-refractivity contribution is -0.142. The highest BCUT2D eigenvalue weighted by molar-refractivity contribution is 5.79. The summed E-state index contributed by atoms with van der Waals surface area (Å²) in [6.07, 6.45) is -0.0650. The fourth-order valence-electron chi connectivity index (χ4n) is 2.88. The number of aryl methyl sites for hydroxylation is 2. The third-order valence-corrected chi connectivity index (χ3v) is 3.92. The number of methoxy groups -OCH3 is 1. The second-order valence-electron chi connectivity index (χ2n) is 5.42. The maximum Gasteiger partial charge on any atom is 0.309 e. The first-order chi connectivity index (χ1) is 10.1. The number of rotatable bonds is 2. The van der Waals surface area contributed by atoms with E-state index < -0.39 is 0 Å². The number of carbonyl (C=O) groups excluding carboxylic acids is 1. The Morgan fingerprint density at radius 1 is 1.19 bits per heavy atom. The molecule has 108 valence electrons. The van der Waals surface area contributed by atoms with Gasteiger partial charge in [-0.1, -0.05) is 30.3 Å². The number of fused-ring (bicyclic) bond motifs is 3. The zero-order valence-electron chi connectivity index (χ0n) is 12.5. The molecule has 0 aliphatic carbocycles. The van der Waals surface area contributed by atoms with E-state index in [1.807, 2.05) is 32.0 Å². The van der Waals surface area contributed by atoms with E-state index in [1.165, 1.54) is 7.11 Å². The van der Waals surface area contributed by atoms with Gasteiger partial charge in [-0.3, -0.25) is 4.79 Å². The minimum Gasteiger partial charge on any atom is -0.484 e. The van der Waals surface area contributed by atoms with Gasteiger partial charge in [-0.25, -0.2) is 0 Å². The summed E-state index contributed by atoms with van der Waals surface area (Å²) in [7, 11) is 1.40. The van der Waals surface area contributed by atoms with Gasteiger partial charge in [-0.05, 0) is 36.6 Å². The SMILES string of the molecule is COC(=O)CC1Oc2cc(C)ccc2-c2cccc(C)c21. The highest BCUT2D eigenvalue weighted by Crippen LogP contribution is 2.45. The summed E-state index contributed by atoms with van der Waals surface area (Å²) in [5.74, 6) is 0.576. The molecule has 0 fully saturated rings. The lowest BCUT2D eigenvalue weighted by Gasteiger charge is -2.30. The predicted molar refractivity (Wildman–Crippen MR) is 81.4 cm³/mol. The van der Waals surface area contributed by atoms with Crippen LogP contribution in [0.3, 0.4) is 0 Å². The second kappa shape index (κ2) is 5.24. The Bertz CT molecular complexity index is 704. The summed E-state index contributed by atoms with van der Waals surface area (Å²) in [5, 5.41) is 0. The summed E-state index contributed by atoms with van der Waals surface area (Å²) in [5.41, 5.74) is 5.58. The fraction of sp³-hybridized carbons (Fsp3) is 0.278. The minimum absolute atomic E-state index is 0.224. The van der Waals surface area contributed by atoms with Crippen LogP contribution in [-0.2, 0) is 9.53 Å². The van der Waals surface area contributed by atoms with Crippen molar-refractivity contribution >= 4 is 5.97 Å². The topological polar surface area (TPSA) is 35.5 Å². The van der Waals surface area contributed by atoms with Crippen LogP contribution >= 0.6 is 0 Å². The first kappa shape index (κ1) is 13.7. The van der Waals surface area contributed by atoms with Crippen LogP contribution in [-0.4, -0.2) is 13.1 Å². The third kappa shape index (κ3) is 2.40. The summed E-state index contributed by atoms with van der Waals surface area (Å²) in [4.78, 5) is 11.7. The standard InChI is InChI=1S/C18H18O3/c1-11-7-8-13-14-6-4-5-12(2)18(14)16(10-17(19)20-3)21-15(13)9-11/h4-9,16H,10H2,1-3H3. The van der Waals surface area contributed by atoms with E-state index >= 15 is 0 Å². The van der Waals surface area contributed by atoms with Gasteiger partial charge >= 0.3 is 5.97 Å². The highest BCUT2D eigenvalue weighted by Gasteiger charge is 2.29. The number of hydrogen-bond acceptors (Lipinski definition) is 3. The molecule has 21 heavy (non-hydrogen) atoms. The van der Waals surface area contributed by atoms with Crippen molar-refractivity contribution < 1.29 is 14.3 Å². The summed E-state index contributed by atoms with van der Waals surface area (Å²) in [6.45, 7) is 4.08. The van der Waals surface area contributed by atoms with Crippen molar-refractivity contribution in [3.05, 3.63) is 53.1 Å². The first-order valence-electron chi connectivity index (χ1n) is 7.04. The number of esters is 1. The molecule has 1 heterocycles. The van der Waals surface area contributed by atoms with Gasteiger partial charge in [0.2, 0.25) is 0 Å². The van der Waals surface area contributed by atoms with Gasteiger partial charge < -0.3 is 9.47 Å². The van der Waals surface area contributed by atoms with Crippen LogP contribution in [0.2, 0.25) is 0 Å². The molecule has 0 amide bonds. The van der Waals surface area contributed by atoms with E-state index in [0.29, 0.717) is 0 Å². The van der Waals surface area contributed by atoms with Gasteiger partial charge in [0.25, 0.3) is 0 Å². The fourth-order valence-corrected chi connectivity index (χ4v) is 2.88. The summed E-state index contributed by atoms with van der Waals surface area (Å²) in [6, 6.07) is 12.4. The molecule has 0 N–H and O–H groups in total. The maximum absolute atomic E-state index is 11.7. The Morgan fingerprint density at radius 3 is 2.76 bits per heavy atom. The van der Waals surface area contributed by atoms with E-state index in [2.05, 4.69) is 18.2 Å². The largest absolute Gasteiger partial charge is 0.484 e. The zero-order valence-corrected chi connectivity index (χ0v) is 12.5. The predicted octanol–water partition coefficient (Wildman–Crippen LogP) is 3.97. The van der Waals surface area contributed by atoms with Crippen molar-refractivity contribution in [2.45, 2.75) is 26.4 Å². The molecule has 3 rings (SSSR count). The summed E-state index contributed by atoms with van der Waals surface area (Å²) < 4.78 is 10.9. The van der Waals surface area contributed by atoms with Gasteiger partial charge in [0.15, 0.2) is 0 Å². The average molecular weight is 282 g/mol. The molecule has 0 saturated heterocycles. The number of ether oxygens (including phenoxy) is 2. The van der Waals surface area contributed by atoms with Crippen LogP contribution in [0, 0.1) is 13.8 Å². The second-order valence-corrected chi connectivity index (χ2v) is 5.42. The molecule has 1 aliphatic heterocycles. The molecule has 3 heteroatoms. The van der Waals surface area contributed by atoms with Crippen LogP contribution in [0.1, 0.15) is 29.2 Å². The quantitative estimate of drug-likeness (QED) is 0.782. The molecule has 1 atom stereocenters. The monoisotopic (exact) mass is 282 g/mol. The maximum atomic E-state index is 11.7. The molecule has 0 bridgehead atoms. The van der Waals surface area contributed by atoms with Gasteiger partial charge in [-0.15, -0.1) is 0 Å². The van der Waals surface area contributed by atoms with Crippen LogP contribution < -0.4 is 4.74 Å². The van der Waals surface area contributed by atoms with Crippen LogP contribution in [0.4, 0.5) is 0 Å². The van der Waals surface area contributed by atoms with E-state index in [-0.39, 0.29) is 18.5 Å². The van der Waals surface area contributed by atoms with Gasteiger partial charge in [0, 0.05) is 11.1 Å². The lowest BCUT2D eigenvalue weighted by atomic mass is 9.88. The van der Waals surface area contributed by atoms with E-state index in [9.17, 15) is 4.79 Å². The van der Waals surface area contributed by atoms with Crippen molar-refractivity contribution in [1.82, 2.24) is 0 Å². The smallest absolute Gasteiger partial charge is 0.309 e. The number of hydrogen-bond donors (Lipinski definition) is 0.